The minimum atomic E-state index is 0.979. The number of hydrogen-bond donors (Lipinski definition) is 0. The first-order valence-corrected chi connectivity index (χ1v) is 13.5. The molecule has 0 bridgehead atoms. The third kappa shape index (κ3) is 3.81. The maximum atomic E-state index is 5.17. The molecule has 0 radical (unpaired) electrons. The molecule has 0 saturated heterocycles. The van der Waals surface area contributed by atoms with Gasteiger partial charge in [0, 0.05) is 32.7 Å². The van der Waals surface area contributed by atoms with Crippen LogP contribution in [0.3, 0.4) is 0 Å². The molecule has 2 heteroatoms. The second-order valence-electron chi connectivity index (χ2n) is 10.1. The highest BCUT2D eigenvalue weighted by atomic mass is 14.7. The van der Waals surface area contributed by atoms with Crippen molar-refractivity contribution in [1.29, 1.82) is 0 Å². The van der Waals surface area contributed by atoms with Gasteiger partial charge in [0.1, 0.15) is 0 Å². The molecule has 0 saturated carbocycles. The van der Waals surface area contributed by atoms with E-state index >= 15 is 0 Å². The largest absolute Gasteiger partial charge is 0.247 e. The highest BCUT2D eigenvalue weighted by Crippen LogP contribution is 2.32. The maximum absolute atomic E-state index is 5.17. The smallest absolute Gasteiger partial charge is 0.0787 e. The number of benzene rings is 5. The summed E-state index contributed by atoms with van der Waals surface area (Å²) in [5.74, 6) is 0. The number of rotatable bonds is 4. The fraction of sp³-hybridized carbons (Fsp3) is 0.111. The first-order chi connectivity index (χ1) is 18.7. The molecule has 2 heterocycles. The Morgan fingerprint density at radius 2 is 0.868 bits per heavy atom. The molecule has 0 aliphatic rings. The van der Waals surface area contributed by atoms with Crippen molar-refractivity contribution >= 4 is 43.4 Å². The van der Waals surface area contributed by atoms with Crippen LogP contribution in [0.25, 0.3) is 65.9 Å². The summed E-state index contributed by atoms with van der Waals surface area (Å²) >= 11 is 0. The fourth-order valence-electron chi connectivity index (χ4n) is 5.51. The van der Waals surface area contributed by atoms with Crippen molar-refractivity contribution in [2.45, 2.75) is 26.7 Å². The summed E-state index contributed by atoms with van der Waals surface area (Å²) < 4.78 is 0. The van der Waals surface area contributed by atoms with Crippen molar-refractivity contribution in [3.05, 3.63) is 120 Å². The van der Waals surface area contributed by atoms with Crippen LogP contribution in [0.4, 0.5) is 0 Å². The summed E-state index contributed by atoms with van der Waals surface area (Å²) in [5, 5.41) is 7.22. The highest BCUT2D eigenvalue weighted by molar-refractivity contribution is 6.07. The molecule has 0 N–H and O–H groups in total. The average molecular weight is 489 g/mol. The van der Waals surface area contributed by atoms with Crippen molar-refractivity contribution in [1.82, 2.24) is 9.97 Å². The lowest BCUT2D eigenvalue weighted by molar-refractivity contribution is 1.15. The van der Waals surface area contributed by atoms with Crippen molar-refractivity contribution in [3.8, 4) is 22.5 Å². The van der Waals surface area contributed by atoms with Crippen LogP contribution >= 0.6 is 0 Å². The van der Waals surface area contributed by atoms with Crippen molar-refractivity contribution < 1.29 is 0 Å². The van der Waals surface area contributed by atoms with Gasteiger partial charge in [0.15, 0.2) is 0 Å². The van der Waals surface area contributed by atoms with Crippen LogP contribution in [-0.4, -0.2) is 9.97 Å². The number of fused-ring (bicyclic) bond motifs is 6. The van der Waals surface area contributed by atoms with Crippen LogP contribution < -0.4 is 0 Å². The molecule has 2 nitrogen and oxygen atoms in total. The number of pyridine rings is 2. The lowest BCUT2D eigenvalue weighted by Gasteiger charge is -2.10. The van der Waals surface area contributed by atoms with Gasteiger partial charge in [-0.3, -0.25) is 0 Å². The van der Waals surface area contributed by atoms with Crippen LogP contribution in [0.2, 0.25) is 0 Å². The molecule has 5 aromatic carbocycles. The number of aromatic nitrogens is 2. The summed E-state index contributed by atoms with van der Waals surface area (Å²) in [7, 11) is 0. The third-order valence-corrected chi connectivity index (χ3v) is 7.75. The molecule has 0 amide bonds. The van der Waals surface area contributed by atoms with E-state index in [2.05, 4.69) is 123 Å². The van der Waals surface area contributed by atoms with Crippen molar-refractivity contribution in [3.63, 3.8) is 0 Å². The van der Waals surface area contributed by atoms with Crippen molar-refractivity contribution in [2.24, 2.45) is 0 Å². The molecule has 7 rings (SSSR count). The van der Waals surface area contributed by atoms with E-state index in [4.69, 9.17) is 9.97 Å². The van der Waals surface area contributed by atoms with E-state index in [9.17, 15) is 0 Å². The fourth-order valence-corrected chi connectivity index (χ4v) is 5.51. The molecule has 0 aliphatic heterocycles. The van der Waals surface area contributed by atoms with E-state index in [1.807, 2.05) is 0 Å². The molecule has 0 fully saturated rings. The summed E-state index contributed by atoms with van der Waals surface area (Å²) in [6.07, 6.45) is 2.03. The Morgan fingerprint density at radius 3 is 1.34 bits per heavy atom. The zero-order valence-electron chi connectivity index (χ0n) is 21.7. The minimum absolute atomic E-state index is 0.979. The Labute approximate surface area is 222 Å². The quantitative estimate of drug-likeness (QED) is 0.231. The Kier molecular flexibility index (Phi) is 5.40. The second kappa shape index (κ2) is 9.08. The number of aryl methyl sites for hydroxylation is 2. The lowest BCUT2D eigenvalue weighted by atomic mass is 10.00. The molecule has 7 aromatic rings. The van der Waals surface area contributed by atoms with Gasteiger partial charge in [-0.15, -0.1) is 0 Å². The normalized spacial score (nSPS) is 11.6. The number of hydrogen-bond acceptors (Lipinski definition) is 2. The van der Waals surface area contributed by atoms with Gasteiger partial charge in [0.2, 0.25) is 0 Å². The predicted octanol–water partition coefficient (Wildman–Crippen LogP) is 9.55. The molecular weight excluding hydrogens is 460 g/mol. The van der Waals surface area contributed by atoms with E-state index < -0.39 is 0 Å². The van der Waals surface area contributed by atoms with Gasteiger partial charge in [0.25, 0.3) is 0 Å². The topological polar surface area (TPSA) is 25.8 Å². The SMILES string of the molecule is CCc1ccc2ccc3ccc(-c4cccc(-c5ccc6ccc7ccc(CC)cc7c6n5)c4)nc3c2c1. The Bertz CT molecular complexity index is 1860. The standard InChI is InChI=1S/C36H28N2/c1-3-23-8-10-25-12-14-27-16-18-33(37-35(27)31(25)20-23)29-6-5-7-30(22-29)34-19-17-28-15-13-26-11-9-24(4-2)21-32(26)36(28)38-34/h5-22H,3-4H2,1-2H3. The molecule has 2 aromatic heterocycles. The third-order valence-electron chi connectivity index (χ3n) is 7.75. The molecule has 0 spiro atoms. The van der Waals surface area contributed by atoms with Gasteiger partial charge < -0.3 is 0 Å². The molecule has 182 valence electrons. The molecule has 38 heavy (non-hydrogen) atoms. The monoisotopic (exact) mass is 488 g/mol. The molecular formula is C36H28N2. The minimum Gasteiger partial charge on any atom is -0.247 e. The zero-order chi connectivity index (χ0) is 25.6. The van der Waals surface area contributed by atoms with Crippen LogP contribution in [0.5, 0.6) is 0 Å². The van der Waals surface area contributed by atoms with E-state index in [1.165, 1.54) is 43.4 Å². The molecule has 0 unspecified atom stereocenters. The van der Waals surface area contributed by atoms with Crippen LogP contribution in [0.1, 0.15) is 25.0 Å². The van der Waals surface area contributed by atoms with Crippen LogP contribution in [0.15, 0.2) is 109 Å². The Balaban J connectivity index is 1.36. The zero-order valence-corrected chi connectivity index (χ0v) is 21.7. The highest BCUT2D eigenvalue weighted by Gasteiger charge is 2.10. The first-order valence-electron chi connectivity index (χ1n) is 13.5. The average Bonchev–Trinajstić information content (AvgIpc) is 2.99. The number of nitrogens with zero attached hydrogens (tertiary/aromatic N) is 2. The lowest BCUT2D eigenvalue weighted by Crippen LogP contribution is -1.91. The van der Waals surface area contributed by atoms with Crippen molar-refractivity contribution in [2.75, 3.05) is 0 Å². The summed E-state index contributed by atoms with van der Waals surface area (Å²) in [6.45, 7) is 4.39. The van der Waals surface area contributed by atoms with Gasteiger partial charge in [-0.2, -0.15) is 0 Å². The summed E-state index contributed by atoms with van der Waals surface area (Å²) in [6, 6.07) is 39.4. The predicted molar refractivity (Wildman–Crippen MR) is 162 cm³/mol. The summed E-state index contributed by atoms with van der Waals surface area (Å²) in [4.78, 5) is 10.3. The molecule has 0 aliphatic carbocycles. The second-order valence-corrected chi connectivity index (χ2v) is 10.1. The van der Waals surface area contributed by atoms with Gasteiger partial charge in [0.05, 0.1) is 22.4 Å². The maximum Gasteiger partial charge on any atom is 0.0787 e. The van der Waals surface area contributed by atoms with Gasteiger partial charge >= 0.3 is 0 Å². The van der Waals surface area contributed by atoms with Gasteiger partial charge in [-0.05, 0) is 65.1 Å². The Morgan fingerprint density at radius 1 is 0.447 bits per heavy atom. The Hall–Kier alpha value is -4.56. The van der Waals surface area contributed by atoms with Crippen LogP contribution in [-0.2, 0) is 12.8 Å². The van der Waals surface area contributed by atoms with Gasteiger partial charge in [-0.1, -0.05) is 92.7 Å². The first kappa shape index (κ1) is 22.6. The van der Waals surface area contributed by atoms with Gasteiger partial charge in [-0.25, -0.2) is 9.97 Å². The summed E-state index contributed by atoms with van der Waals surface area (Å²) in [5.41, 5.74) is 8.94. The van der Waals surface area contributed by atoms with E-state index in [1.54, 1.807) is 0 Å². The van der Waals surface area contributed by atoms with E-state index in [0.717, 1.165) is 46.4 Å². The molecule has 0 atom stereocenters. The van der Waals surface area contributed by atoms with E-state index in [-0.39, 0.29) is 0 Å². The van der Waals surface area contributed by atoms with Crippen LogP contribution in [0, 0.1) is 0 Å². The van der Waals surface area contributed by atoms with E-state index in [0.29, 0.717) is 0 Å².